The predicted octanol–water partition coefficient (Wildman–Crippen LogP) is 3.08. The lowest BCUT2D eigenvalue weighted by molar-refractivity contribution is 0.944. The van der Waals surface area contributed by atoms with Crippen molar-refractivity contribution in [1.82, 2.24) is 0 Å². The van der Waals surface area contributed by atoms with Crippen LogP contribution in [0.2, 0.25) is 0 Å². The molecule has 0 spiro atoms. The Morgan fingerprint density at radius 3 is 2.44 bits per heavy atom. The molecule has 0 aliphatic carbocycles. The first-order valence-electron chi connectivity index (χ1n) is 5.63. The van der Waals surface area contributed by atoms with Gasteiger partial charge in [-0.15, -0.1) is 0 Å². The second kappa shape index (κ2) is 3.93. The maximum Gasteiger partial charge on any atom is 0.0721 e. The molecule has 1 heteroatoms. The molecule has 0 N–H and O–H groups in total. The number of aliphatic imine (C=N–C) groups is 1. The highest BCUT2D eigenvalue weighted by molar-refractivity contribution is 6.14. The molecule has 3 rings (SSSR count). The molecule has 0 atom stereocenters. The van der Waals surface area contributed by atoms with Crippen molar-refractivity contribution >= 4 is 5.71 Å². The van der Waals surface area contributed by atoms with Crippen LogP contribution in [0.1, 0.15) is 16.7 Å². The zero-order valence-corrected chi connectivity index (χ0v) is 9.06. The van der Waals surface area contributed by atoms with Gasteiger partial charge in [0.1, 0.15) is 0 Å². The minimum Gasteiger partial charge on any atom is -0.284 e. The number of hydrogen-bond donors (Lipinski definition) is 0. The molecular formula is C15H13N. The van der Waals surface area contributed by atoms with Gasteiger partial charge in [-0.25, -0.2) is 0 Å². The van der Waals surface area contributed by atoms with Crippen LogP contribution in [-0.2, 0) is 6.42 Å². The molecule has 2 aromatic rings. The molecule has 0 radical (unpaired) electrons. The van der Waals surface area contributed by atoms with Crippen molar-refractivity contribution in [2.75, 3.05) is 6.54 Å². The number of rotatable bonds is 1. The second-order valence-electron chi connectivity index (χ2n) is 4.00. The lowest BCUT2D eigenvalue weighted by Gasteiger charge is -2.16. The van der Waals surface area contributed by atoms with Gasteiger partial charge < -0.3 is 0 Å². The van der Waals surface area contributed by atoms with Crippen molar-refractivity contribution in [1.29, 1.82) is 0 Å². The van der Waals surface area contributed by atoms with Crippen LogP contribution in [0.5, 0.6) is 0 Å². The van der Waals surface area contributed by atoms with Gasteiger partial charge in [0, 0.05) is 17.7 Å². The van der Waals surface area contributed by atoms with Crippen LogP contribution >= 0.6 is 0 Å². The molecule has 1 aliphatic rings. The Morgan fingerprint density at radius 1 is 0.812 bits per heavy atom. The number of hydrogen-bond acceptors (Lipinski definition) is 1. The van der Waals surface area contributed by atoms with Gasteiger partial charge >= 0.3 is 0 Å². The molecule has 16 heavy (non-hydrogen) atoms. The SMILES string of the molecule is c1ccc(C2=NCCc3ccccc32)cc1. The van der Waals surface area contributed by atoms with Gasteiger partial charge in [-0.1, -0.05) is 54.6 Å². The number of nitrogens with zero attached hydrogens (tertiary/aromatic N) is 1. The highest BCUT2D eigenvalue weighted by atomic mass is 14.7. The third-order valence-corrected chi connectivity index (χ3v) is 2.97. The van der Waals surface area contributed by atoms with E-state index in [2.05, 4.69) is 53.5 Å². The van der Waals surface area contributed by atoms with Gasteiger partial charge in [0.05, 0.1) is 5.71 Å². The third-order valence-electron chi connectivity index (χ3n) is 2.97. The topological polar surface area (TPSA) is 12.4 Å². The fraction of sp³-hybridized carbons (Fsp3) is 0.133. The Bertz CT molecular complexity index is 526. The molecule has 1 heterocycles. The first kappa shape index (κ1) is 9.34. The Hall–Kier alpha value is -1.89. The number of fused-ring (bicyclic) bond motifs is 1. The summed E-state index contributed by atoms with van der Waals surface area (Å²) < 4.78 is 0. The van der Waals surface area contributed by atoms with Crippen molar-refractivity contribution in [2.24, 2.45) is 4.99 Å². The third kappa shape index (κ3) is 1.54. The molecule has 0 amide bonds. The summed E-state index contributed by atoms with van der Waals surface area (Å²) in [5.41, 5.74) is 5.06. The van der Waals surface area contributed by atoms with Crippen molar-refractivity contribution in [3.05, 3.63) is 71.3 Å². The maximum absolute atomic E-state index is 4.66. The standard InChI is InChI=1S/C15H13N/c1-2-7-13(8-3-1)15-14-9-5-4-6-12(14)10-11-16-15/h1-9H,10-11H2. The molecule has 0 saturated carbocycles. The summed E-state index contributed by atoms with van der Waals surface area (Å²) in [4.78, 5) is 4.66. The van der Waals surface area contributed by atoms with E-state index in [1.54, 1.807) is 0 Å². The summed E-state index contributed by atoms with van der Waals surface area (Å²) >= 11 is 0. The van der Waals surface area contributed by atoms with E-state index < -0.39 is 0 Å². The predicted molar refractivity (Wildman–Crippen MR) is 67.1 cm³/mol. The molecule has 0 bridgehead atoms. The largest absolute Gasteiger partial charge is 0.284 e. The van der Waals surface area contributed by atoms with Crippen LogP contribution in [0.4, 0.5) is 0 Å². The van der Waals surface area contributed by atoms with Crippen molar-refractivity contribution in [3.63, 3.8) is 0 Å². The minimum absolute atomic E-state index is 0.904. The highest BCUT2D eigenvalue weighted by Crippen LogP contribution is 2.19. The fourth-order valence-corrected chi connectivity index (χ4v) is 2.19. The summed E-state index contributed by atoms with van der Waals surface area (Å²) in [6.07, 6.45) is 1.06. The summed E-state index contributed by atoms with van der Waals surface area (Å²) in [6.45, 7) is 0.904. The monoisotopic (exact) mass is 207 g/mol. The van der Waals surface area contributed by atoms with Gasteiger partial charge in [0.15, 0.2) is 0 Å². The zero-order chi connectivity index (χ0) is 10.8. The van der Waals surface area contributed by atoms with Gasteiger partial charge in [-0.2, -0.15) is 0 Å². The Kier molecular flexibility index (Phi) is 2.30. The number of benzene rings is 2. The lowest BCUT2D eigenvalue weighted by atomic mass is 9.93. The average molecular weight is 207 g/mol. The molecule has 0 aromatic heterocycles. The molecule has 2 aromatic carbocycles. The first-order valence-corrected chi connectivity index (χ1v) is 5.63. The smallest absolute Gasteiger partial charge is 0.0721 e. The van der Waals surface area contributed by atoms with Crippen LogP contribution < -0.4 is 0 Å². The Labute approximate surface area is 95.5 Å². The van der Waals surface area contributed by atoms with Crippen LogP contribution in [0.15, 0.2) is 59.6 Å². The Balaban J connectivity index is 2.13. The quantitative estimate of drug-likeness (QED) is 0.681. The van der Waals surface area contributed by atoms with Gasteiger partial charge in [-0.05, 0) is 12.0 Å². The fourth-order valence-electron chi connectivity index (χ4n) is 2.19. The molecule has 0 saturated heterocycles. The summed E-state index contributed by atoms with van der Waals surface area (Å²) in [5, 5.41) is 0. The molecule has 0 unspecified atom stereocenters. The van der Waals surface area contributed by atoms with Crippen molar-refractivity contribution in [2.45, 2.75) is 6.42 Å². The summed E-state index contributed by atoms with van der Waals surface area (Å²) in [6, 6.07) is 19.0. The average Bonchev–Trinajstić information content (AvgIpc) is 2.39. The van der Waals surface area contributed by atoms with Gasteiger partial charge in [-0.3, -0.25) is 4.99 Å². The van der Waals surface area contributed by atoms with E-state index in [0.29, 0.717) is 0 Å². The van der Waals surface area contributed by atoms with Crippen molar-refractivity contribution in [3.8, 4) is 0 Å². The van der Waals surface area contributed by atoms with Crippen LogP contribution in [0.25, 0.3) is 0 Å². The van der Waals surface area contributed by atoms with E-state index in [9.17, 15) is 0 Å². The van der Waals surface area contributed by atoms with Crippen LogP contribution in [0, 0.1) is 0 Å². The van der Waals surface area contributed by atoms with Crippen LogP contribution in [-0.4, -0.2) is 12.3 Å². The normalized spacial score (nSPS) is 14.1. The zero-order valence-electron chi connectivity index (χ0n) is 9.06. The first-order chi connectivity index (χ1) is 7.95. The summed E-state index contributed by atoms with van der Waals surface area (Å²) in [7, 11) is 0. The van der Waals surface area contributed by atoms with E-state index in [0.717, 1.165) is 18.7 Å². The van der Waals surface area contributed by atoms with E-state index >= 15 is 0 Å². The highest BCUT2D eigenvalue weighted by Gasteiger charge is 2.14. The molecular weight excluding hydrogens is 194 g/mol. The summed E-state index contributed by atoms with van der Waals surface area (Å²) in [5.74, 6) is 0. The molecule has 1 nitrogen and oxygen atoms in total. The lowest BCUT2D eigenvalue weighted by Crippen LogP contribution is -2.13. The second-order valence-corrected chi connectivity index (χ2v) is 4.00. The van der Waals surface area contributed by atoms with E-state index in [4.69, 9.17) is 0 Å². The van der Waals surface area contributed by atoms with Crippen LogP contribution in [0.3, 0.4) is 0 Å². The van der Waals surface area contributed by atoms with Gasteiger partial charge in [0.2, 0.25) is 0 Å². The molecule has 0 fully saturated rings. The molecule has 78 valence electrons. The minimum atomic E-state index is 0.904. The Morgan fingerprint density at radius 2 is 1.56 bits per heavy atom. The molecule has 1 aliphatic heterocycles. The van der Waals surface area contributed by atoms with Crippen molar-refractivity contribution < 1.29 is 0 Å². The van der Waals surface area contributed by atoms with E-state index in [-0.39, 0.29) is 0 Å². The van der Waals surface area contributed by atoms with E-state index in [1.807, 2.05) is 6.07 Å². The van der Waals surface area contributed by atoms with E-state index in [1.165, 1.54) is 16.7 Å². The maximum atomic E-state index is 4.66. The van der Waals surface area contributed by atoms with Gasteiger partial charge in [0.25, 0.3) is 0 Å².